The molecule has 0 aromatic heterocycles. The van der Waals surface area contributed by atoms with Gasteiger partial charge in [-0.05, 0) is 12.5 Å². The van der Waals surface area contributed by atoms with E-state index in [1.165, 1.54) is 0 Å². The Morgan fingerprint density at radius 2 is 2.18 bits per heavy atom. The van der Waals surface area contributed by atoms with Crippen molar-refractivity contribution < 1.29 is 9.53 Å². The summed E-state index contributed by atoms with van der Waals surface area (Å²) in [6.45, 7) is 2.75. The average molecular weight is 231 g/mol. The molecule has 1 rings (SSSR count). The van der Waals surface area contributed by atoms with Crippen LogP contribution in [0.4, 0.5) is 0 Å². The van der Waals surface area contributed by atoms with Gasteiger partial charge in [-0.2, -0.15) is 0 Å². The summed E-state index contributed by atoms with van der Waals surface area (Å²) in [4.78, 5) is 11.6. The van der Waals surface area contributed by atoms with Crippen molar-refractivity contribution in [3.05, 3.63) is 35.9 Å². The summed E-state index contributed by atoms with van der Waals surface area (Å²) in [5, 5.41) is 3.10. The molecule has 0 saturated heterocycles. The number of hydrogen-bond acceptors (Lipinski definition) is 3. The number of rotatable bonds is 6. The van der Waals surface area contributed by atoms with Gasteiger partial charge in [0.1, 0.15) is 6.04 Å². The predicted octanol–water partition coefficient (Wildman–Crippen LogP) is 1.73. The van der Waals surface area contributed by atoms with Crippen LogP contribution in [-0.4, -0.2) is 18.6 Å². The molecule has 0 amide bonds. The van der Waals surface area contributed by atoms with Crippen LogP contribution in [-0.2, 0) is 16.1 Å². The van der Waals surface area contributed by atoms with Gasteiger partial charge < -0.3 is 4.74 Å². The molecule has 0 fully saturated rings. The van der Waals surface area contributed by atoms with E-state index in [1.54, 1.807) is 6.92 Å². The minimum atomic E-state index is -0.430. The van der Waals surface area contributed by atoms with Gasteiger partial charge in [0.05, 0.1) is 6.61 Å². The van der Waals surface area contributed by atoms with Crippen LogP contribution in [0.25, 0.3) is 0 Å². The zero-order valence-electron chi connectivity index (χ0n) is 9.98. The molecular weight excluding hydrogens is 214 g/mol. The van der Waals surface area contributed by atoms with Gasteiger partial charge in [0.2, 0.25) is 0 Å². The van der Waals surface area contributed by atoms with Crippen molar-refractivity contribution in [3.8, 4) is 12.3 Å². The summed E-state index contributed by atoms with van der Waals surface area (Å²) in [7, 11) is 0. The van der Waals surface area contributed by atoms with Crippen molar-refractivity contribution in [2.24, 2.45) is 0 Å². The molecule has 1 aromatic rings. The first-order valence-corrected chi connectivity index (χ1v) is 5.65. The number of ether oxygens (including phenoxy) is 1. The maximum absolute atomic E-state index is 11.6. The smallest absolute Gasteiger partial charge is 0.324 e. The fourth-order valence-corrected chi connectivity index (χ4v) is 1.44. The topological polar surface area (TPSA) is 38.3 Å². The monoisotopic (exact) mass is 231 g/mol. The Kier molecular flexibility index (Phi) is 5.84. The number of carbonyl (C=O) groups is 1. The van der Waals surface area contributed by atoms with Crippen molar-refractivity contribution >= 4 is 5.97 Å². The molecule has 0 bridgehead atoms. The molecule has 0 unspecified atom stereocenters. The Balaban J connectivity index is 2.50. The Morgan fingerprint density at radius 1 is 1.47 bits per heavy atom. The van der Waals surface area contributed by atoms with Gasteiger partial charge >= 0.3 is 5.97 Å². The summed E-state index contributed by atoms with van der Waals surface area (Å²) in [6, 6.07) is 9.42. The number of terminal acetylenes is 1. The molecule has 0 spiro atoms. The highest BCUT2D eigenvalue weighted by Gasteiger charge is 2.17. The number of nitrogens with one attached hydrogen (secondary N) is 1. The summed E-state index contributed by atoms with van der Waals surface area (Å²) >= 11 is 0. The molecule has 1 N–H and O–H groups in total. The maximum Gasteiger partial charge on any atom is 0.324 e. The van der Waals surface area contributed by atoms with Gasteiger partial charge in [0.15, 0.2) is 0 Å². The van der Waals surface area contributed by atoms with Crippen LogP contribution >= 0.6 is 0 Å². The Hall–Kier alpha value is -1.79. The van der Waals surface area contributed by atoms with Crippen LogP contribution in [0, 0.1) is 12.3 Å². The van der Waals surface area contributed by atoms with Gasteiger partial charge in [-0.1, -0.05) is 30.3 Å². The number of hydrogen-bond donors (Lipinski definition) is 1. The van der Waals surface area contributed by atoms with E-state index in [0.29, 0.717) is 19.6 Å². The first-order valence-electron chi connectivity index (χ1n) is 5.65. The zero-order valence-corrected chi connectivity index (χ0v) is 9.98. The first kappa shape index (κ1) is 13.3. The van der Waals surface area contributed by atoms with E-state index in [1.807, 2.05) is 30.3 Å². The van der Waals surface area contributed by atoms with Crippen LogP contribution in [0.15, 0.2) is 30.3 Å². The SMILES string of the molecule is C#CC[C@@H](NCc1ccccc1)C(=O)OCC. The molecule has 0 aliphatic carbocycles. The summed E-state index contributed by atoms with van der Waals surface area (Å²) in [5.74, 6) is 2.19. The molecule has 3 heteroatoms. The van der Waals surface area contributed by atoms with E-state index in [4.69, 9.17) is 11.2 Å². The van der Waals surface area contributed by atoms with E-state index < -0.39 is 6.04 Å². The van der Waals surface area contributed by atoms with E-state index >= 15 is 0 Å². The van der Waals surface area contributed by atoms with Crippen LogP contribution in [0.3, 0.4) is 0 Å². The molecule has 0 radical (unpaired) electrons. The molecule has 0 aliphatic heterocycles. The molecule has 90 valence electrons. The van der Waals surface area contributed by atoms with Crippen molar-refractivity contribution in [3.63, 3.8) is 0 Å². The van der Waals surface area contributed by atoms with Gasteiger partial charge in [0, 0.05) is 13.0 Å². The van der Waals surface area contributed by atoms with E-state index in [9.17, 15) is 4.79 Å². The lowest BCUT2D eigenvalue weighted by molar-refractivity contribution is -0.145. The fraction of sp³-hybridized carbons (Fsp3) is 0.357. The Bertz CT molecular complexity index is 381. The summed E-state index contributed by atoms with van der Waals surface area (Å²) in [6.07, 6.45) is 5.57. The van der Waals surface area contributed by atoms with E-state index in [-0.39, 0.29) is 5.97 Å². The van der Waals surface area contributed by atoms with Gasteiger partial charge in [-0.15, -0.1) is 12.3 Å². The second-order valence-corrected chi connectivity index (χ2v) is 3.58. The third-order valence-electron chi connectivity index (χ3n) is 2.29. The maximum atomic E-state index is 11.6. The van der Waals surface area contributed by atoms with E-state index in [0.717, 1.165) is 5.56 Å². The van der Waals surface area contributed by atoms with Gasteiger partial charge in [0.25, 0.3) is 0 Å². The molecule has 1 aromatic carbocycles. The predicted molar refractivity (Wildman–Crippen MR) is 67.2 cm³/mol. The normalized spacial score (nSPS) is 11.5. The molecule has 1 atom stereocenters. The van der Waals surface area contributed by atoms with Crippen molar-refractivity contribution in [1.82, 2.24) is 5.32 Å². The largest absolute Gasteiger partial charge is 0.465 e. The molecular formula is C14H17NO2. The van der Waals surface area contributed by atoms with Crippen molar-refractivity contribution in [2.75, 3.05) is 6.61 Å². The number of benzene rings is 1. The molecule has 0 heterocycles. The highest BCUT2D eigenvalue weighted by atomic mass is 16.5. The highest BCUT2D eigenvalue weighted by Crippen LogP contribution is 2.01. The number of carbonyl (C=O) groups excluding carboxylic acids is 1. The zero-order chi connectivity index (χ0) is 12.5. The minimum Gasteiger partial charge on any atom is -0.465 e. The Labute approximate surface area is 102 Å². The Morgan fingerprint density at radius 3 is 2.76 bits per heavy atom. The second kappa shape index (κ2) is 7.48. The van der Waals surface area contributed by atoms with Crippen molar-refractivity contribution in [1.29, 1.82) is 0 Å². The summed E-state index contributed by atoms with van der Waals surface area (Å²) < 4.78 is 4.95. The lowest BCUT2D eigenvalue weighted by Gasteiger charge is -2.14. The first-order chi connectivity index (χ1) is 8.27. The van der Waals surface area contributed by atoms with Crippen LogP contribution in [0.2, 0.25) is 0 Å². The molecule has 0 aliphatic rings. The minimum absolute atomic E-state index is 0.290. The van der Waals surface area contributed by atoms with Gasteiger partial charge in [-0.3, -0.25) is 10.1 Å². The second-order valence-electron chi connectivity index (χ2n) is 3.58. The van der Waals surface area contributed by atoms with Crippen molar-refractivity contribution in [2.45, 2.75) is 25.9 Å². The quantitative estimate of drug-likeness (QED) is 0.598. The fourth-order valence-electron chi connectivity index (χ4n) is 1.44. The molecule has 0 saturated carbocycles. The van der Waals surface area contributed by atoms with Crippen LogP contribution in [0.5, 0.6) is 0 Å². The molecule has 17 heavy (non-hydrogen) atoms. The lowest BCUT2D eigenvalue weighted by Crippen LogP contribution is -2.37. The van der Waals surface area contributed by atoms with Gasteiger partial charge in [-0.25, -0.2) is 0 Å². The van der Waals surface area contributed by atoms with E-state index in [2.05, 4.69) is 11.2 Å². The standard InChI is InChI=1S/C14H17NO2/c1-3-8-13(14(16)17-4-2)15-11-12-9-6-5-7-10-12/h1,5-7,9-10,13,15H,4,8,11H2,2H3/t13-/m1/s1. The third-order valence-corrected chi connectivity index (χ3v) is 2.29. The van der Waals surface area contributed by atoms with Crippen LogP contribution in [0.1, 0.15) is 18.9 Å². The third kappa shape index (κ3) is 4.71. The summed E-state index contributed by atoms with van der Waals surface area (Å²) in [5.41, 5.74) is 1.11. The number of esters is 1. The molecule has 3 nitrogen and oxygen atoms in total. The highest BCUT2D eigenvalue weighted by molar-refractivity contribution is 5.76. The van der Waals surface area contributed by atoms with Crippen LogP contribution < -0.4 is 5.32 Å². The lowest BCUT2D eigenvalue weighted by atomic mass is 10.2. The average Bonchev–Trinajstić information content (AvgIpc) is 2.36.